The fourth-order valence-corrected chi connectivity index (χ4v) is 5.13. The molecule has 10 heteroatoms. The van der Waals surface area contributed by atoms with E-state index in [9.17, 15) is 10.1 Å². The number of ether oxygens (including phenoxy) is 1. The SMILES string of the molecule is O=[N+]([O-])c1cccc(-c2nc3c(N4CCOCC4)cccn3c2-c2ccnc(NC3CCCC3)n2)c1. The first kappa shape index (κ1) is 22.4. The Balaban J connectivity index is 1.52. The number of nitrogens with one attached hydrogen (secondary N) is 1. The van der Waals surface area contributed by atoms with Gasteiger partial charge in [-0.3, -0.25) is 14.5 Å². The number of rotatable bonds is 6. The molecular formula is C26H27N7O3. The Bertz CT molecular complexity index is 1410. The lowest BCUT2D eigenvalue weighted by atomic mass is 10.1. The van der Waals surface area contributed by atoms with Gasteiger partial charge in [-0.1, -0.05) is 25.0 Å². The first-order valence-electron chi connectivity index (χ1n) is 12.4. The molecule has 2 fully saturated rings. The van der Waals surface area contributed by atoms with Crippen molar-refractivity contribution in [1.29, 1.82) is 0 Å². The van der Waals surface area contributed by atoms with Crippen molar-refractivity contribution in [2.75, 3.05) is 36.5 Å². The number of nitrogens with zero attached hydrogens (tertiary/aromatic N) is 6. The molecule has 0 bridgehead atoms. The van der Waals surface area contributed by atoms with Crippen molar-refractivity contribution in [2.24, 2.45) is 0 Å². The molecule has 0 unspecified atom stereocenters. The number of morpholine rings is 1. The third kappa shape index (κ3) is 4.24. The van der Waals surface area contributed by atoms with Gasteiger partial charge in [0.25, 0.3) is 5.69 Å². The van der Waals surface area contributed by atoms with Crippen LogP contribution in [0.1, 0.15) is 25.7 Å². The molecule has 0 amide bonds. The molecule has 0 atom stereocenters. The molecule has 4 heterocycles. The number of anilines is 2. The lowest BCUT2D eigenvalue weighted by Gasteiger charge is -2.28. The number of hydrogen-bond donors (Lipinski definition) is 1. The molecule has 1 aromatic carbocycles. The van der Waals surface area contributed by atoms with Gasteiger partial charge in [-0.25, -0.2) is 15.0 Å². The molecule has 0 radical (unpaired) electrons. The van der Waals surface area contributed by atoms with Gasteiger partial charge in [0.05, 0.1) is 40.9 Å². The van der Waals surface area contributed by atoms with Crippen LogP contribution in [0.15, 0.2) is 54.9 Å². The average molecular weight is 486 g/mol. The summed E-state index contributed by atoms with van der Waals surface area (Å²) in [4.78, 5) is 27.8. The van der Waals surface area contributed by atoms with Crippen molar-refractivity contribution in [3.8, 4) is 22.6 Å². The molecule has 36 heavy (non-hydrogen) atoms. The fourth-order valence-electron chi connectivity index (χ4n) is 5.13. The number of pyridine rings is 1. The first-order chi connectivity index (χ1) is 17.7. The summed E-state index contributed by atoms with van der Waals surface area (Å²) < 4.78 is 7.58. The summed E-state index contributed by atoms with van der Waals surface area (Å²) in [5, 5.41) is 15.0. The molecule has 1 saturated carbocycles. The Labute approximate surface area is 208 Å². The molecule has 3 aromatic heterocycles. The van der Waals surface area contributed by atoms with Crippen molar-refractivity contribution < 1.29 is 9.66 Å². The summed E-state index contributed by atoms with van der Waals surface area (Å²) in [6, 6.07) is 12.9. The van der Waals surface area contributed by atoms with Crippen LogP contribution in [0, 0.1) is 10.1 Å². The van der Waals surface area contributed by atoms with Crippen molar-refractivity contribution in [3.05, 3.63) is 65.0 Å². The Kier molecular flexibility index (Phi) is 5.94. The molecule has 0 spiro atoms. The third-order valence-corrected chi connectivity index (χ3v) is 6.90. The number of benzene rings is 1. The summed E-state index contributed by atoms with van der Waals surface area (Å²) in [5.74, 6) is 0.587. The van der Waals surface area contributed by atoms with Gasteiger partial charge in [0, 0.05) is 49.2 Å². The zero-order chi connectivity index (χ0) is 24.5. The molecule has 4 aromatic rings. The highest BCUT2D eigenvalue weighted by Crippen LogP contribution is 2.36. The van der Waals surface area contributed by atoms with Crippen LogP contribution in [-0.4, -0.2) is 56.6 Å². The lowest BCUT2D eigenvalue weighted by molar-refractivity contribution is -0.384. The van der Waals surface area contributed by atoms with Crippen molar-refractivity contribution in [1.82, 2.24) is 19.4 Å². The molecule has 1 N–H and O–H groups in total. The number of hydrogen-bond acceptors (Lipinski definition) is 8. The molecule has 1 aliphatic heterocycles. The van der Waals surface area contributed by atoms with E-state index >= 15 is 0 Å². The molecule has 6 rings (SSSR count). The summed E-state index contributed by atoms with van der Waals surface area (Å²) in [6.45, 7) is 2.87. The van der Waals surface area contributed by atoms with E-state index in [1.54, 1.807) is 18.3 Å². The minimum atomic E-state index is -0.382. The highest BCUT2D eigenvalue weighted by molar-refractivity contribution is 5.85. The summed E-state index contributed by atoms with van der Waals surface area (Å²) in [5.41, 5.74) is 4.59. The van der Waals surface area contributed by atoms with Crippen LogP contribution in [0.2, 0.25) is 0 Å². The average Bonchev–Trinajstić information content (AvgIpc) is 3.57. The number of nitro benzene ring substituents is 1. The van der Waals surface area contributed by atoms with Gasteiger partial charge in [-0.05, 0) is 31.0 Å². The van der Waals surface area contributed by atoms with E-state index in [0.29, 0.717) is 42.2 Å². The van der Waals surface area contributed by atoms with Gasteiger partial charge < -0.3 is 15.0 Å². The van der Waals surface area contributed by atoms with Crippen LogP contribution in [0.25, 0.3) is 28.3 Å². The van der Waals surface area contributed by atoms with Crippen LogP contribution in [-0.2, 0) is 4.74 Å². The summed E-state index contributed by atoms with van der Waals surface area (Å²) in [6.07, 6.45) is 8.38. The smallest absolute Gasteiger partial charge is 0.270 e. The maximum Gasteiger partial charge on any atom is 0.270 e. The van der Waals surface area contributed by atoms with Crippen LogP contribution < -0.4 is 10.2 Å². The minimum Gasteiger partial charge on any atom is -0.378 e. The second kappa shape index (κ2) is 9.54. The number of non-ortho nitro benzene ring substituents is 1. The van der Waals surface area contributed by atoms with Gasteiger partial charge in [0.15, 0.2) is 5.65 Å². The Hall–Kier alpha value is -4.05. The molecule has 2 aliphatic rings. The first-order valence-corrected chi connectivity index (χ1v) is 12.4. The second-order valence-electron chi connectivity index (χ2n) is 9.19. The van der Waals surface area contributed by atoms with Crippen molar-refractivity contribution >= 4 is 23.0 Å². The van der Waals surface area contributed by atoms with E-state index in [4.69, 9.17) is 14.7 Å². The van der Waals surface area contributed by atoms with E-state index in [1.165, 1.54) is 18.9 Å². The minimum absolute atomic E-state index is 0.0233. The molecule has 1 saturated heterocycles. The van der Waals surface area contributed by atoms with Crippen molar-refractivity contribution in [2.45, 2.75) is 31.7 Å². The Morgan fingerprint density at radius 3 is 2.69 bits per heavy atom. The predicted octanol–water partition coefficient (Wildman–Crippen LogP) is 4.56. The predicted molar refractivity (Wildman–Crippen MR) is 137 cm³/mol. The molecule has 184 valence electrons. The normalized spacial score (nSPS) is 16.5. The lowest BCUT2D eigenvalue weighted by Crippen LogP contribution is -2.36. The topological polar surface area (TPSA) is 111 Å². The molecule has 10 nitrogen and oxygen atoms in total. The zero-order valence-corrected chi connectivity index (χ0v) is 19.8. The number of fused-ring (bicyclic) bond motifs is 1. The highest BCUT2D eigenvalue weighted by atomic mass is 16.6. The summed E-state index contributed by atoms with van der Waals surface area (Å²) >= 11 is 0. The van der Waals surface area contributed by atoms with Crippen molar-refractivity contribution in [3.63, 3.8) is 0 Å². The van der Waals surface area contributed by atoms with Gasteiger partial charge in [-0.2, -0.15) is 0 Å². The Morgan fingerprint density at radius 1 is 1.06 bits per heavy atom. The van der Waals surface area contributed by atoms with E-state index in [1.807, 2.05) is 28.8 Å². The third-order valence-electron chi connectivity index (χ3n) is 6.90. The summed E-state index contributed by atoms with van der Waals surface area (Å²) in [7, 11) is 0. The number of imidazole rings is 1. The van der Waals surface area contributed by atoms with E-state index in [0.717, 1.165) is 43.0 Å². The second-order valence-corrected chi connectivity index (χ2v) is 9.19. The molecular weight excluding hydrogens is 458 g/mol. The highest BCUT2D eigenvalue weighted by Gasteiger charge is 2.24. The van der Waals surface area contributed by atoms with Gasteiger partial charge in [0.2, 0.25) is 5.95 Å². The van der Waals surface area contributed by atoms with E-state index < -0.39 is 0 Å². The van der Waals surface area contributed by atoms with E-state index in [-0.39, 0.29) is 10.6 Å². The monoisotopic (exact) mass is 485 g/mol. The molecule has 1 aliphatic carbocycles. The van der Waals surface area contributed by atoms with Gasteiger partial charge in [-0.15, -0.1) is 0 Å². The Morgan fingerprint density at radius 2 is 1.89 bits per heavy atom. The van der Waals surface area contributed by atoms with Gasteiger partial charge in [0.1, 0.15) is 0 Å². The van der Waals surface area contributed by atoms with Crippen LogP contribution in [0.4, 0.5) is 17.3 Å². The van der Waals surface area contributed by atoms with Crippen LogP contribution in [0.3, 0.4) is 0 Å². The number of aromatic nitrogens is 4. The quantitative estimate of drug-likeness (QED) is 0.313. The van der Waals surface area contributed by atoms with E-state index in [2.05, 4.69) is 21.3 Å². The largest absolute Gasteiger partial charge is 0.378 e. The number of nitro groups is 1. The zero-order valence-electron chi connectivity index (χ0n) is 19.8. The standard InChI is InChI=1S/C26H27N7O3/c34-33(35)20-8-3-5-18(17-20)23-24(21-10-11-27-26(29-21)28-19-6-1-2-7-19)32-12-4-9-22(25(32)30-23)31-13-15-36-16-14-31/h3-5,8-12,17,19H,1-2,6-7,13-16H2,(H,27,28,29). The van der Waals surface area contributed by atoms with Crippen LogP contribution >= 0.6 is 0 Å². The maximum absolute atomic E-state index is 11.5. The van der Waals surface area contributed by atoms with Crippen LogP contribution in [0.5, 0.6) is 0 Å². The van der Waals surface area contributed by atoms with Gasteiger partial charge >= 0.3 is 0 Å². The maximum atomic E-state index is 11.5. The fraction of sp³-hybridized carbons (Fsp3) is 0.346.